The molecule has 0 aliphatic carbocycles. The molecule has 0 atom stereocenters. The Bertz CT molecular complexity index is 418. The van der Waals surface area contributed by atoms with Crippen LogP contribution in [0, 0.1) is 11.7 Å². The molecule has 1 aromatic rings. The van der Waals surface area contributed by atoms with Crippen LogP contribution in [0.3, 0.4) is 0 Å². The fraction of sp³-hybridized carbons (Fsp3) is 0.364. The molecule has 1 heterocycles. The molecule has 0 unspecified atom stereocenters. The van der Waals surface area contributed by atoms with Crippen LogP contribution in [0.2, 0.25) is 0 Å². The summed E-state index contributed by atoms with van der Waals surface area (Å²) in [6.45, 7) is 1.08. The largest absolute Gasteiger partial charge is 0.396 e. The Morgan fingerprint density at radius 1 is 1.56 bits per heavy atom. The van der Waals surface area contributed by atoms with Crippen molar-refractivity contribution in [3.8, 4) is 0 Å². The van der Waals surface area contributed by atoms with Gasteiger partial charge in [-0.3, -0.25) is 4.79 Å². The predicted molar refractivity (Wildman–Crippen MR) is 60.6 cm³/mol. The summed E-state index contributed by atoms with van der Waals surface area (Å²) in [6.07, 6.45) is 0. The number of aliphatic hydroxyl groups excluding tert-OH is 1. The smallest absolute Gasteiger partial charge is 0.256 e. The van der Waals surface area contributed by atoms with E-state index in [0.717, 1.165) is 0 Å². The fourth-order valence-electron chi connectivity index (χ4n) is 1.68. The quantitative estimate of drug-likeness (QED) is 0.899. The van der Waals surface area contributed by atoms with E-state index in [-0.39, 0.29) is 24.0 Å². The monoisotopic (exact) mass is 287 g/mol. The molecule has 0 saturated carbocycles. The summed E-state index contributed by atoms with van der Waals surface area (Å²) in [5.41, 5.74) is 0.0748. The molecule has 3 nitrogen and oxygen atoms in total. The molecule has 5 heteroatoms. The van der Waals surface area contributed by atoms with Gasteiger partial charge in [-0.15, -0.1) is 0 Å². The Hall–Kier alpha value is -0.940. The highest BCUT2D eigenvalue weighted by atomic mass is 79.9. The van der Waals surface area contributed by atoms with Crippen molar-refractivity contribution in [2.45, 2.75) is 0 Å². The number of carbonyl (C=O) groups excluding carboxylic acids is 1. The minimum absolute atomic E-state index is 0.0742. The molecule has 1 N–H and O–H groups in total. The van der Waals surface area contributed by atoms with Gasteiger partial charge in [-0.2, -0.15) is 0 Å². The van der Waals surface area contributed by atoms with E-state index in [1.54, 1.807) is 6.07 Å². The number of halogens is 2. The number of hydrogen-bond acceptors (Lipinski definition) is 2. The molecular weight excluding hydrogens is 277 g/mol. The van der Waals surface area contributed by atoms with Crippen molar-refractivity contribution in [1.82, 2.24) is 4.90 Å². The molecule has 0 radical (unpaired) electrons. The first kappa shape index (κ1) is 11.5. The summed E-state index contributed by atoms with van der Waals surface area (Å²) < 4.78 is 14.1. The second kappa shape index (κ2) is 4.51. The van der Waals surface area contributed by atoms with Gasteiger partial charge in [0.2, 0.25) is 0 Å². The number of benzene rings is 1. The number of amides is 1. The lowest BCUT2D eigenvalue weighted by Crippen LogP contribution is -2.51. The van der Waals surface area contributed by atoms with E-state index in [9.17, 15) is 9.18 Å². The zero-order valence-electron chi connectivity index (χ0n) is 8.49. The molecule has 0 bridgehead atoms. The summed E-state index contributed by atoms with van der Waals surface area (Å²) >= 11 is 3.20. The fourth-order valence-corrected chi connectivity index (χ4v) is 2.04. The maximum absolute atomic E-state index is 13.4. The topological polar surface area (TPSA) is 40.5 Å². The maximum Gasteiger partial charge on any atom is 0.256 e. The Labute approximate surface area is 101 Å². The predicted octanol–water partition coefficient (Wildman–Crippen LogP) is 1.65. The summed E-state index contributed by atoms with van der Waals surface area (Å²) in [5.74, 6) is -0.691. The van der Waals surface area contributed by atoms with E-state index in [1.165, 1.54) is 17.0 Å². The molecule has 1 aliphatic rings. The third-order valence-electron chi connectivity index (χ3n) is 2.66. The minimum Gasteiger partial charge on any atom is -0.396 e. The Morgan fingerprint density at radius 3 is 2.88 bits per heavy atom. The van der Waals surface area contributed by atoms with Crippen LogP contribution in [-0.2, 0) is 0 Å². The standard InChI is InChI=1S/C11H11BrFNO2/c12-8-1-2-10(13)9(3-8)11(16)14-4-7(5-14)6-15/h1-3,7,15H,4-6H2. The SMILES string of the molecule is O=C(c1cc(Br)ccc1F)N1CC(CO)C1. The van der Waals surface area contributed by atoms with Crippen LogP contribution in [0.5, 0.6) is 0 Å². The molecule has 1 amide bonds. The molecule has 16 heavy (non-hydrogen) atoms. The summed E-state index contributed by atoms with van der Waals surface area (Å²) in [6, 6.07) is 4.29. The molecular formula is C11H11BrFNO2. The van der Waals surface area contributed by atoms with E-state index in [2.05, 4.69) is 15.9 Å². The van der Waals surface area contributed by atoms with Crippen LogP contribution >= 0.6 is 15.9 Å². The lowest BCUT2D eigenvalue weighted by atomic mass is 10.00. The van der Waals surface area contributed by atoms with Gasteiger partial charge in [0, 0.05) is 30.1 Å². The van der Waals surface area contributed by atoms with E-state index in [0.29, 0.717) is 17.6 Å². The molecule has 1 aromatic carbocycles. The summed E-state index contributed by atoms with van der Waals surface area (Å²) in [7, 11) is 0. The second-order valence-corrected chi connectivity index (χ2v) is 4.80. The van der Waals surface area contributed by atoms with Crippen molar-refractivity contribution in [2.24, 2.45) is 5.92 Å². The highest BCUT2D eigenvalue weighted by molar-refractivity contribution is 9.10. The Balaban J connectivity index is 2.13. The average molecular weight is 288 g/mol. The van der Waals surface area contributed by atoms with Gasteiger partial charge in [-0.05, 0) is 18.2 Å². The number of hydrogen-bond donors (Lipinski definition) is 1. The number of likely N-dealkylation sites (tertiary alicyclic amines) is 1. The third kappa shape index (κ3) is 2.10. The molecule has 1 saturated heterocycles. The zero-order valence-corrected chi connectivity index (χ0v) is 10.1. The zero-order chi connectivity index (χ0) is 11.7. The molecule has 2 rings (SSSR count). The van der Waals surface area contributed by atoms with E-state index in [4.69, 9.17) is 5.11 Å². The van der Waals surface area contributed by atoms with Gasteiger partial charge in [-0.25, -0.2) is 4.39 Å². The van der Waals surface area contributed by atoms with E-state index >= 15 is 0 Å². The molecule has 0 spiro atoms. The van der Waals surface area contributed by atoms with Crippen molar-refractivity contribution in [1.29, 1.82) is 0 Å². The van der Waals surface area contributed by atoms with Crippen LogP contribution in [0.15, 0.2) is 22.7 Å². The lowest BCUT2D eigenvalue weighted by Gasteiger charge is -2.38. The Kier molecular flexibility index (Phi) is 3.25. The van der Waals surface area contributed by atoms with Gasteiger partial charge in [0.15, 0.2) is 0 Å². The average Bonchev–Trinajstić information content (AvgIpc) is 2.20. The normalized spacial score (nSPS) is 16.1. The van der Waals surface area contributed by atoms with Gasteiger partial charge in [0.1, 0.15) is 5.82 Å². The summed E-state index contributed by atoms with van der Waals surface area (Å²) in [4.78, 5) is 13.4. The van der Waals surface area contributed by atoms with Gasteiger partial charge in [0.25, 0.3) is 5.91 Å². The Morgan fingerprint density at radius 2 is 2.25 bits per heavy atom. The minimum atomic E-state index is -0.513. The summed E-state index contributed by atoms with van der Waals surface area (Å²) in [5, 5.41) is 8.84. The van der Waals surface area contributed by atoms with Crippen molar-refractivity contribution >= 4 is 21.8 Å². The van der Waals surface area contributed by atoms with Crippen LogP contribution in [-0.4, -0.2) is 35.6 Å². The van der Waals surface area contributed by atoms with Crippen LogP contribution in [0.1, 0.15) is 10.4 Å². The van der Waals surface area contributed by atoms with Crippen molar-refractivity contribution < 1.29 is 14.3 Å². The van der Waals surface area contributed by atoms with Gasteiger partial charge in [0.05, 0.1) is 5.56 Å². The number of rotatable bonds is 2. The number of carbonyl (C=O) groups is 1. The van der Waals surface area contributed by atoms with Crippen LogP contribution in [0.4, 0.5) is 4.39 Å². The van der Waals surface area contributed by atoms with Gasteiger partial charge < -0.3 is 10.0 Å². The van der Waals surface area contributed by atoms with Crippen LogP contribution < -0.4 is 0 Å². The van der Waals surface area contributed by atoms with Crippen LogP contribution in [0.25, 0.3) is 0 Å². The highest BCUT2D eigenvalue weighted by Gasteiger charge is 2.31. The maximum atomic E-state index is 13.4. The third-order valence-corrected chi connectivity index (χ3v) is 3.15. The molecule has 86 valence electrons. The van der Waals surface area contributed by atoms with Gasteiger partial charge >= 0.3 is 0 Å². The van der Waals surface area contributed by atoms with E-state index in [1.807, 2.05) is 0 Å². The van der Waals surface area contributed by atoms with Crippen molar-refractivity contribution in [2.75, 3.05) is 19.7 Å². The number of aliphatic hydroxyl groups is 1. The lowest BCUT2D eigenvalue weighted by molar-refractivity contribution is 0.0358. The first-order chi connectivity index (χ1) is 7.61. The molecule has 1 aliphatic heterocycles. The number of nitrogens with zero attached hydrogens (tertiary/aromatic N) is 1. The molecule has 1 fully saturated rings. The van der Waals surface area contributed by atoms with Gasteiger partial charge in [-0.1, -0.05) is 15.9 Å². The first-order valence-electron chi connectivity index (χ1n) is 4.97. The first-order valence-corrected chi connectivity index (χ1v) is 5.76. The van der Waals surface area contributed by atoms with Crippen molar-refractivity contribution in [3.05, 3.63) is 34.1 Å². The van der Waals surface area contributed by atoms with E-state index < -0.39 is 5.82 Å². The second-order valence-electron chi connectivity index (χ2n) is 3.88. The molecule has 0 aromatic heterocycles. The highest BCUT2D eigenvalue weighted by Crippen LogP contribution is 2.22. The van der Waals surface area contributed by atoms with Crippen molar-refractivity contribution in [3.63, 3.8) is 0 Å².